The van der Waals surface area contributed by atoms with Crippen LogP contribution in [0.4, 0.5) is 0 Å². The van der Waals surface area contributed by atoms with Gasteiger partial charge in [-0.25, -0.2) is 0 Å². The topological polar surface area (TPSA) is 34.1 Å². The lowest BCUT2D eigenvalue weighted by molar-refractivity contribution is 0.108. The van der Waals surface area contributed by atoms with Gasteiger partial charge in [-0.1, -0.05) is 30.3 Å². The molecule has 0 amide bonds. The van der Waals surface area contributed by atoms with E-state index in [-0.39, 0.29) is 10.5 Å². The summed E-state index contributed by atoms with van der Waals surface area (Å²) in [5.41, 5.74) is 0.510. The second kappa shape index (κ2) is 6.59. The zero-order valence-electron chi connectivity index (χ0n) is 10.3. The van der Waals surface area contributed by atoms with E-state index in [1.165, 1.54) is 17.8 Å². The van der Waals surface area contributed by atoms with E-state index in [1.807, 2.05) is 24.5 Å². The zero-order valence-corrected chi connectivity index (χ0v) is 12.0. The fourth-order valence-electron chi connectivity index (χ4n) is 1.57. The fourth-order valence-corrected chi connectivity index (χ4v) is 3.03. The van der Waals surface area contributed by atoms with Crippen LogP contribution in [-0.4, -0.2) is 11.4 Å². The Kier molecular flexibility index (Phi) is 4.82. The highest BCUT2D eigenvalue weighted by molar-refractivity contribution is 8.14. The molecule has 2 nitrogen and oxygen atoms in total. The van der Waals surface area contributed by atoms with Crippen molar-refractivity contribution in [1.82, 2.24) is 0 Å². The number of hydrogen-bond donors (Lipinski definition) is 0. The van der Waals surface area contributed by atoms with Gasteiger partial charge < -0.3 is 0 Å². The molecule has 96 valence electrons. The van der Waals surface area contributed by atoms with E-state index in [2.05, 4.69) is 0 Å². The average molecular weight is 288 g/mol. The van der Waals surface area contributed by atoms with Gasteiger partial charge in [0.15, 0.2) is 5.43 Å². The first-order valence-corrected chi connectivity index (χ1v) is 7.71. The van der Waals surface area contributed by atoms with Crippen molar-refractivity contribution in [3.8, 4) is 0 Å². The van der Waals surface area contributed by atoms with Gasteiger partial charge in [0.05, 0.1) is 4.90 Å². The van der Waals surface area contributed by atoms with E-state index in [1.54, 1.807) is 30.3 Å². The van der Waals surface area contributed by atoms with Gasteiger partial charge in [-0.15, -0.1) is 11.8 Å². The van der Waals surface area contributed by atoms with Gasteiger partial charge in [-0.05, 0) is 42.3 Å². The summed E-state index contributed by atoms with van der Waals surface area (Å²) in [6.07, 6.45) is 1.93. The highest BCUT2D eigenvalue weighted by atomic mass is 32.2. The van der Waals surface area contributed by atoms with Crippen LogP contribution in [0.25, 0.3) is 0 Å². The Labute approximate surface area is 120 Å². The van der Waals surface area contributed by atoms with Crippen molar-refractivity contribution in [2.24, 2.45) is 0 Å². The Hall–Kier alpha value is -1.52. The molecule has 0 aliphatic heterocycles. The van der Waals surface area contributed by atoms with Crippen molar-refractivity contribution in [3.63, 3.8) is 0 Å². The molecule has 2 aromatic carbocycles. The molecular weight excluding hydrogens is 276 g/mol. The van der Waals surface area contributed by atoms with Crippen LogP contribution < -0.4 is 5.43 Å². The summed E-state index contributed by atoms with van der Waals surface area (Å²) in [5, 5.41) is -0.103. The van der Waals surface area contributed by atoms with Crippen LogP contribution in [0, 0.1) is 0 Å². The predicted molar refractivity (Wildman–Crippen MR) is 81.1 cm³/mol. The van der Waals surface area contributed by atoms with E-state index >= 15 is 0 Å². The van der Waals surface area contributed by atoms with E-state index in [4.69, 9.17) is 0 Å². The molecule has 0 bridgehead atoms. The summed E-state index contributed by atoms with van der Waals surface area (Å²) in [6, 6.07) is 15.8. The van der Waals surface area contributed by atoms with Crippen LogP contribution in [0.2, 0.25) is 0 Å². The van der Waals surface area contributed by atoms with Crippen LogP contribution in [0.3, 0.4) is 0 Å². The maximum atomic E-state index is 12.3. The molecule has 0 fully saturated rings. The molecule has 0 aliphatic rings. The summed E-state index contributed by atoms with van der Waals surface area (Å²) >= 11 is 2.51. The Morgan fingerprint density at radius 1 is 0.895 bits per heavy atom. The fraction of sp³-hybridized carbons (Fsp3) is 0.0667. The van der Waals surface area contributed by atoms with E-state index in [0.29, 0.717) is 10.5 Å². The molecule has 0 unspecified atom stereocenters. The zero-order chi connectivity index (χ0) is 13.7. The molecule has 0 heterocycles. The lowest BCUT2D eigenvalue weighted by Gasteiger charge is -2.04. The maximum Gasteiger partial charge on any atom is 0.225 e. The molecule has 4 heteroatoms. The first-order chi connectivity index (χ1) is 9.22. The highest BCUT2D eigenvalue weighted by Gasteiger charge is 2.13. The molecule has 0 aromatic heterocycles. The lowest BCUT2D eigenvalue weighted by Crippen LogP contribution is -2.02. The molecular formula is C15H12O2S2. The van der Waals surface area contributed by atoms with Crippen molar-refractivity contribution >= 4 is 28.6 Å². The largest absolute Gasteiger partial charge is 0.289 e. The minimum atomic E-state index is -0.134. The van der Waals surface area contributed by atoms with Gasteiger partial charge in [0, 0.05) is 10.5 Å². The van der Waals surface area contributed by atoms with Crippen molar-refractivity contribution in [2.75, 3.05) is 6.26 Å². The molecule has 2 rings (SSSR count). The van der Waals surface area contributed by atoms with E-state index in [0.717, 1.165) is 16.7 Å². The monoisotopic (exact) mass is 288 g/mol. The van der Waals surface area contributed by atoms with Crippen LogP contribution in [0.15, 0.2) is 69.2 Å². The van der Waals surface area contributed by atoms with Gasteiger partial charge in [0.25, 0.3) is 0 Å². The molecule has 19 heavy (non-hydrogen) atoms. The van der Waals surface area contributed by atoms with Crippen LogP contribution in [0.5, 0.6) is 0 Å². The van der Waals surface area contributed by atoms with E-state index in [9.17, 15) is 9.59 Å². The number of rotatable bonds is 3. The lowest BCUT2D eigenvalue weighted by atomic mass is 10.2. The Morgan fingerprint density at radius 3 is 2.32 bits per heavy atom. The van der Waals surface area contributed by atoms with Gasteiger partial charge in [0.1, 0.15) is 0 Å². The average Bonchev–Trinajstić information content (AvgIpc) is 2.64. The van der Waals surface area contributed by atoms with Crippen molar-refractivity contribution in [2.45, 2.75) is 9.79 Å². The Bertz CT molecular complexity index is 653. The predicted octanol–water partition coefficient (Wildman–Crippen LogP) is 3.70. The standard InChI is InChI=1S/C15H12O2S2/c1-18-13-9-6-5-7-11(13)15(17)19-14-10-4-2-3-8-12(14)16/h2-10H,1H3. The normalized spacial score (nSPS) is 10.2. The summed E-state index contributed by atoms with van der Waals surface area (Å²) in [4.78, 5) is 25.4. The quantitative estimate of drug-likeness (QED) is 0.807. The number of carbonyl (C=O) groups is 1. The molecule has 0 saturated carbocycles. The Morgan fingerprint density at radius 2 is 1.53 bits per heavy atom. The van der Waals surface area contributed by atoms with E-state index < -0.39 is 0 Å². The Balaban J connectivity index is 2.32. The molecule has 2 aromatic rings. The molecule has 0 atom stereocenters. The summed E-state index contributed by atoms with van der Waals surface area (Å²) in [5.74, 6) is 0. The second-order valence-electron chi connectivity index (χ2n) is 3.73. The maximum absolute atomic E-state index is 12.3. The first-order valence-electron chi connectivity index (χ1n) is 5.67. The number of carbonyl (C=O) groups excluding carboxylic acids is 1. The van der Waals surface area contributed by atoms with Crippen LogP contribution >= 0.6 is 23.5 Å². The third-order valence-corrected chi connectivity index (χ3v) is 4.25. The molecule has 0 saturated heterocycles. The third-order valence-electron chi connectivity index (χ3n) is 2.49. The second-order valence-corrected chi connectivity index (χ2v) is 5.59. The molecule has 0 radical (unpaired) electrons. The van der Waals surface area contributed by atoms with Crippen LogP contribution in [-0.2, 0) is 0 Å². The van der Waals surface area contributed by atoms with Crippen molar-refractivity contribution in [1.29, 1.82) is 0 Å². The minimum Gasteiger partial charge on any atom is -0.289 e. The molecule has 0 spiro atoms. The highest BCUT2D eigenvalue weighted by Crippen LogP contribution is 2.26. The van der Waals surface area contributed by atoms with Crippen molar-refractivity contribution < 1.29 is 4.79 Å². The molecule has 0 aliphatic carbocycles. The van der Waals surface area contributed by atoms with Gasteiger partial charge >= 0.3 is 0 Å². The van der Waals surface area contributed by atoms with Crippen molar-refractivity contribution in [3.05, 3.63) is 70.4 Å². The van der Waals surface area contributed by atoms with Crippen LogP contribution in [0.1, 0.15) is 10.4 Å². The summed E-state index contributed by atoms with van der Waals surface area (Å²) in [7, 11) is 0. The summed E-state index contributed by atoms with van der Waals surface area (Å²) < 4.78 is 0. The number of thioether (sulfide) groups is 2. The minimum absolute atomic E-state index is 0.103. The first kappa shape index (κ1) is 13.9. The number of hydrogen-bond acceptors (Lipinski definition) is 4. The van der Waals surface area contributed by atoms with Gasteiger partial charge in [-0.3, -0.25) is 9.59 Å². The summed E-state index contributed by atoms with van der Waals surface area (Å²) in [6.45, 7) is 0. The molecule has 0 N–H and O–H groups in total. The van der Waals surface area contributed by atoms with Gasteiger partial charge in [0.2, 0.25) is 5.12 Å². The third kappa shape index (κ3) is 3.49. The van der Waals surface area contributed by atoms with Gasteiger partial charge in [-0.2, -0.15) is 0 Å². The number of benzene rings is 1. The smallest absolute Gasteiger partial charge is 0.225 e. The SMILES string of the molecule is CSc1ccccc1C(=O)Sc1cccccc1=O.